The minimum absolute atomic E-state index is 0.0178. The molecule has 0 radical (unpaired) electrons. The van der Waals surface area contributed by atoms with Gasteiger partial charge in [0.15, 0.2) is 0 Å². The molecule has 0 aromatic heterocycles. The first kappa shape index (κ1) is 12.9. The number of hydrogen-bond donors (Lipinski definition) is 2. The molecule has 0 aliphatic carbocycles. The lowest BCUT2D eigenvalue weighted by atomic mass is 9.96. The molecule has 0 unspecified atom stereocenters. The van der Waals surface area contributed by atoms with Gasteiger partial charge in [-0.15, -0.1) is 0 Å². The van der Waals surface area contributed by atoms with Crippen LogP contribution in [0.1, 0.15) is 33.6 Å². The Morgan fingerprint density at radius 2 is 2.00 bits per heavy atom. The van der Waals surface area contributed by atoms with Gasteiger partial charge >= 0.3 is 0 Å². The molecule has 80 valence electrons. The van der Waals surface area contributed by atoms with Gasteiger partial charge in [0.1, 0.15) is 6.54 Å². The van der Waals surface area contributed by atoms with Crippen LogP contribution in [0.25, 0.3) is 0 Å². The lowest BCUT2D eigenvalue weighted by Crippen LogP contribution is -2.46. The molecule has 0 atom stereocenters. The number of nitriles is 1. The summed E-state index contributed by atoms with van der Waals surface area (Å²) in [5.41, 5.74) is 0.0178. The van der Waals surface area contributed by atoms with E-state index in [2.05, 4.69) is 31.4 Å². The second kappa shape index (κ2) is 6.39. The van der Waals surface area contributed by atoms with Crippen LogP contribution in [0.5, 0.6) is 0 Å². The predicted octanol–water partition coefficient (Wildman–Crippen LogP) is 0.794. The molecular weight excluding hydrogens is 178 g/mol. The lowest BCUT2D eigenvalue weighted by Gasteiger charge is -2.27. The fraction of sp³-hybridized carbons (Fsp3) is 0.800. The highest BCUT2D eigenvalue weighted by atomic mass is 16.1. The van der Waals surface area contributed by atoms with Crippen LogP contribution in [0.2, 0.25) is 0 Å². The van der Waals surface area contributed by atoms with Gasteiger partial charge in [-0.1, -0.05) is 13.8 Å². The van der Waals surface area contributed by atoms with E-state index in [1.165, 1.54) is 0 Å². The monoisotopic (exact) mass is 197 g/mol. The number of hydrogen-bond acceptors (Lipinski definition) is 3. The van der Waals surface area contributed by atoms with Gasteiger partial charge < -0.3 is 10.6 Å². The molecule has 0 aliphatic heterocycles. The van der Waals surface area contributed by atoms with Gasteiger partial charge in [0.2, 0.25) is 5.91 Å². The van der Waals surface area contributed by atoms with Crippen molar-refractivity contribution in [1.82, 2.24) is 10.6 Å². The number of nitrogens with one attached hydrogen (secondary N) is 2. The Morgan fingerprint density at radius 1 is 1.43 bits per heavy atom. The summed E-state index contributed by atoms with van der Waals surface area (Å²) in [5, 5.41) is 13.9. The topological polar surface area (TPSA) is 64.9 Å². The van der Waals surface area contributed by atoms with Crippen LogP contribution in [0, 0.1) is 11.3 Å². The molecule has 0 aromatic rings. The molecule has 0 saturated heterocycles. The molecule has 0 fully saturated rings. The maximum atomic E-state index is 11.2. The Bertz CT molecular complexity index is 216. The summed E-state index contributed by atoms with van der Waals surface area (Å²) in [6.07, 6.45) is 1.96. The van der Waals surface area contributed by atoms with Crippen molar-refractivity contribution in [3.05, 3.63) is 0 Å². The van der Waals surface area contributed by atoms with Crippen LogP contribution in [0.15, 0.2) is 0 Å². The third kappa shape index (κ3) is 4.83. The number of carbonyl (C=O) groups is 1. The molecule has 1 amide bonds. The van der Waals surface area contributed by atoms with E-state index >= 15 is 0 Å². The molecule has 0 bridgehead atoms. The van der Waals surface area contributed by atoms with Crippen molar-refractivity contribution in [2.45, 2.75) is 39.2 Å². The summed E-state index contributed by atoms with van der Waals surface area (Å²) in [6.45, 7) is 6.62. The average molecular weight is 197 g/mol. The number of nitrogens with zero attached hydrogens (tertiary/aromatic N) is 1. The van der Waals surface area contributed by atoms with E-state index in [0.717, 1.165) is 12.8 Å². The van der Waals surface area contributed by atoms with Gasteiger partial charge in [0.05, 0.1) is 12.6 Å². The van der Waals surface area contributed by atoms with Crippen LogP contribution in [0.3, 0.4) is 0 Å². The van der Waals surface area contributed by atoms with E-state index in [4.69, 9.17) is 5.26 Å². The molecule has 0 heterocycles. The Balaban J connectivity index is 3.81. The first-order chi connectivity index (χ1) is 6.58. The van der Waals surface area contributed by atoms with Crippen molar-refractivity contribution >= 4 is 5.91 Å². The van der Waals surface area contributed by atoms with E-state index in [1.54, 1.807) is 0 Å². The van der Waals surface area contributed by atoms with Crippen molar-refractivity contribution in [1.29, 1.82) is 5.26 Å². The highest BCUT2D eigenvalue weighted by molar-refractivity contribution is 5.78. The van der Waals surface area contributed by atoms with Crippen molar-refractivity contribution < 1.29 is 4.79 Å². The largest absolute Gasteiger partial charge is 0.342 e. The zero-order chi connectivity index (χ0) is 11.0. The van der Waals surface area contributed by atoms with Crippen LogP contribution in [0.4, 0.5) is 0 Å². The SMILES string of the molecule is CCC(C)(CC)NCC(=O)NCC#N. The summed E-state index contributed by atoms with van der Waals surface area (Å²) in [6, 6.07) is 1.86. The molecule has 14 heavy (non-hydrogen) atoms. The first-order valence-corrected chi connectivity index (χ1v) is 4.96. The van der Waals surface area contributed by atoms with Crippen LogP contribution < -0.4 is 10.6 Å². The summed E-state index contributed by atoms with van der Waals surface area (Å²) in [4.78, 5) is 11.2. The lowest BCUT2D eigenvalue weighted by molar-refractivity contribution is -0.120. The van der Waals surface area contributed by atoms with Gasteiger partial charge in [-0.3, -0.25) is 4.79 Å². The quantitative estimate of drug-likeness (QED) is 0.619. The summed E-state index contributed by atoms with van der Waals surface area (Å²) >= 11 is 0. The Hall–Kier alpha value is -1.08. The summed E-state index contributed by atoms with van der Waals surface area (Å²) in [7, 11) is 0. The summed E-state index contributed by atoms with van der Waals surface area (Å²) < 4.78 is 0. The molecular formula is C10H19N3O. The first-order valence-electron chi connectivity index (χ1n) is 4.96. The predicted molar refractivity (Wildman–Crippen MR) is 55.6 cm³/mol. The van der Waals surface area contributed by atoms with E-state index in [9.17, 15) is 4.79 Å². The van der Waals surface area contributed by atoms with Crippen molar-refractivity contribution in [3.8, 4) is 6.07 Å². The minimum Gasteiger partial charge on any atom is -0.342 e. The standard InChI is InChI=1S/C10H19N3O/c1-4-10(3,5-2)13-8-9(14)12-7-6-11/h13H,4-5,7-8H2,1-3H3,(H,12,14). The Kier molecular flexibility index (Phi) is 5.89. The normalized spacial score (nSPS) is 10.7. The third-order valence-corrected chi connectivity index (χ3v) is 2.60. The van der Waals surface area contributed by atoms with E-state index in [-0.39, 0.29) is 24.5 Å². The zero-order valence-electron chi connectivity index (χ0n) is 9.18. The average Bonchev–Trinajstić information content (AvgIpc) is 2.23. The van der Waals surface area contributed by atoms with Crippen molar-refractivity contribution in [2.24, 2.45) is 0 Å². The van der Waals surface area contributed by atoms with E-state index < -0.39 is 0 Å². The number of rotatable bonds is 6. The maximum absolute atomic E-state index is 11.2. The van der Waals surface area contributed by atoms with Crippen molar-refractivity contribution in [3.63, 3.8) is 0 Å². The Labute approximate surface area is 85.7 Å². The summed E-state index contributed by atoms with van der Waals surface area (Å²) in [5.74, 6) is -0.125. The number of amides is 1. The van der Waals surface area contributed by atoms with Gasteiger partial charge in [-0.2, -0.15) is 5.26 Å². The van der Waals surface area contributed by atoms with Crippen LogP contribution in [-0.4, -0.2) is 24.5 Å². The van der Waals surface area contributed by atoms with Crippen LogP contribution in [-0.2, 0) is 4.79 Å². The van der Waals surface area contributed by atoms with Crippen LogP contribution >= 0.6 is 0 Å². The van der Waals surface area contributed by atoms with E-state index in [0.29, 0.717) is 0 Å². The zero-order valence-corrected chi connectivity index (χ0v) is 9.18. The highest BCUT2D eigenvalue weighted by Crippen LogP contribution is 2.12. The second-order valence-corrected chi connectivity index (χ2v) is 3.56. The maximum Gasteiger partial charge on any atom is 0.234 e. The molecule has 0 rings (SSSR count). The molecule has 2 N–H and O–H groups in total. The van der Waals surface area contributed by atoms with Gasteiger partial charge in [-0.25, -0.2) is 0 Å². The van der Waals surface area contributed by atoms with Crippen molar-refractivity contribution in [2.75, 3.05) is 13.1 Å². The molecule has 0 saturated carbocycles. The highest BCUT2D eigenvalue weighted by Gasteiger charge is 2.19. The minimum atomic E-state index is -0.125. The second-order valence-electron chi connectivity index (χ2n) is 3.56. The molecule has 0 aromatic carbocycles. The molecule has 4 heteroatoms. The fourth-order valence-corrected chi connectivity index (χ4v) is 0.994. The van der Waals surface area contributed by atoms with Gasteiger partial charge in [-0.05, 0) is 19.8 Å². The molecule has 4 nitrogen and oxygen atoms in total. The Morgan fingerprint density at radius 3 is 2.43 bits per heavy atom. The number of carbonyl (C=O) groups excluding carboxylic acids is 1. The fourth-order valence-electron chi connectivity index (χ4n) is 0.994. The third-order valence-electron chi connectivity index (χ3n) is 2.60. The molecule has 0 aliphatic rings. The van der Waals surface area contributed by atoms with Gasteiger partial charge in [0.25, 0.3) is 0 Å². The van der Waals surface area contributed by atoms with Gasteiger partial charge in [0, 0.05) is 5.54 Å². The molecule has 0 spiro atoms. The van der Waals surface area contributed by atoms with E-state index in [1.807, 2.05) is 6.07 Å². The smallest absolute Gasteiger partial charge is 0.234 e.